The molecule has 2 saturated heterocycles. The average molecular weight is 368 g/mol. The van der Waals surface area contributed by atoms with Gasteiger partial charge in [-0.25, -0.2) is 4.39 Å². The van der Waals surface area contributed by atoms with E-state index in [4.69, 9.17) is 9.47 Å². The molecular weight excluding hydrogens is 347 g/mol. The maximum atomic E-state index is 14.6. The van der Waals surface area contributed by atoms with E-state index in [1.165, 1.54) is 16.2 Å². The number of morpholine rings is 1. The summed E-state index contributed by atoms with van der Waals surface area (Å²) in [4.78, 5) is 28.1. The summed E-state index contributed by atoms with van der Waals surface area (Å²) in [5.74, 6) is -0.585. The fourth-order valence-corrected chi connectivity index (χ4v) is 4.25. The quantitative estimate of drug-likeness (QED) is 0.796. The van der Waals surface area contributed by atoms with Crippen LogP contribution < -0.4 is 4.90 Å². The van der Waals surface area contributed by atoms with Gasteiger partial charge in [0.15, 0.2) is 5.67 Å². The monoisotopic (exact) mass is 368 g/mol. The zero-order valence-corrected chi connectivity index (χ0v) is 14.7. The van der Waals surface area contributed by atoms with E-state index >= 15 is 0 Å². The van der Waals surface area contributed by atoms with E-state index in [0.29, 0.717) is 19.7 Å². The van der Waals surface area contributed by atoms with Crippen LogP contribution in [-0.2, 0) is 19.1 Å². The van der Waals surface area contributed by atoms with Crippen LogP contribution in [0.25, 0.3) is 0 Å². The lowest BCUT2D eigenvalue weighted by molar-refractivity contribution is -0.158. The van der Waals surface area contributed by atoms with Crippen molar-refractivity contribution in [1.29, 1.82) is 0 Å². The molecule has 1 saturated carbocycles. The molecule has 25 heavy (non-hydrogen) atoms. The van der Waals surface area contributed by atoms with Gasteiger partial charge in [0.2, 0.25) is 0 Å². The number of carbonyl (C=O) groups is 2. The normalized spacial score (nSPS) is 29.4. The van der Waals surface area contributed by atoms with Gasteiger partial charge in [-0.15, -0.1) is 0 Å². The van der Waals surface area contributed by atoms with Crippen molar-refractivity contribution in [3.63, 3.8) is 0 Å². The summed E-state index contributed by atoms with van der Waals surface area (Å²) in [6, 6.07) is 1.88. The second-order valence-corrected chi connectivity index (χ2v) is 7.81. The minimum Gasteiger partial charge on any atom is -0.376 e. The van der Waals surface area contributed by atoms with Crippen molar-refractivity contribution in [2.45, 2.75) is 30.5 Å². The van der Waals surface area contributed by atoms with Gasteiger partial charge in [-0.2, -0.15) is 11.3 Å². The topological polar surface area (TPSA) is 59.1 Å². The number of nitrogens with zero attached hydrogens (tertiary/aromatic N) is 2. The number of hydrogen-bond acceptors (Lipinski definition) is 5. The van der Waals surface area contributed by atoms with E-state index in [-0.39, 0.29) is 38.5 Å². The van der Waals surface area contributed by atoms with Crippen LogP contribution in [-0.4, -0.2) is 67.4 Å². The van der Waals surface area contributed by atoms with Crippen molar-refractivity contribution in [2.24, 2.45) is 0 Å². The lowest BCUT2D eigenvalue weighted by Crippen LogP contribution is -2.62. The molecule has 6 nitrogen and oxygen atoms in total. The Hall–Kier alpha value is -1.51. The molecule has 3 aliphatic rings. The lowest BCUT2D eigenvalue weighted by Gasteiger charge is -2.44. The molecule has 8 heteroatoms. The van der Waals surface area contributed by atoms with Gasteiger partial charge in [-0.3, -0.25) is 9.59 Å². The first-order valence-corrected chi connectivity index (χ1v) is 9.48. The Kier molecular flexibility index (Phi) is 4.29. The third kappa shape index (κ3) is 3.07. The molecule has 1 aromatic heterocycles. The molecule has 1 atom stereocenters. The molecule has 2 aliphatic heterocycles. The molecule has 0 bridgehead atoms. The summed E-state index contributed by atoms with van der Waals surface area (Å²) >= 11 is 1.51. The van der Waals surface area contributed by atoms with Crippen LogP contribution in [0.4, 0.5) is 10.1 Å². The van der Waals surface area contributed by atoms with Gasteiger partial charge in [-0.1, -0.05) is 0 Å². The molecule has 0 radical (unpaired) electrons. The van der Waals surface area contributed by atoms with E-state index in [0.717, 1.165) is 12.1 Å². The average Bonchev–Trinajstić information content (AvgIpc) is 3.04. The minimum absolute atomic E-state index is 0.0675. The number of alkyl halides is 1. The lowest BCUT2D eigenvalue weighted by atomic mass is 9.80. The Labute approximate surface area is 149 Å². The van der Waals surface area contributed by atoms with Crippen LogP contribution in [0, 0.1) is 0 Å². The molecule has 4 rings (SSSR count). The fraction of sp³-hybridized carbons (Fsp3) is 0.647. The number of thiophene rings is 1. The SMILES string of the molecule is O=C1COC2(COCCN(C(=O)C3(F)CCC3)C2)CN1c1ccsc1. The molecule has 136 valence electrons. The van der Waals surface area contributed by atoms with E-state index in [2.05, 4.69) is 0 Å². The highest BCUT2D eigenvalue weighted by Crippen LogP contribution is 2.38. The second kappa shape index (κ2) is 6.34. The zero-order valence-electron chi connectivity index (χ0n) is 13.9. The summed E-state index contributed by atoms with van der Waals surface area (Å²) in [5.41, 5.74) is -1.73. The van der Waals surface area contributed by atoms with Crippen molar-refractivity contribution < 1.29 is 23.5 Å². The van der Waals surface area contributed by atoms with Gasteiger partial charge in [0.1, 0.15) is 12.2 Å². The van der Waals surface area contributed by atoms with E-state index in [9.17, 15) is 14.0 Å². The number of rotatable bonds is 2. The maximum absolute atomic E-state index is 14.6. The predicted molar refractivity (Wildman–Crippen MR) is 90.4 cm³/mol. The number of halogens is 1. The summed E-state index contributed by atoms with van der Waals surface area (Å²) in [7, 11) is 0. The highest BCUT2D eigenvalue weighted by molar-refractivity contribution is 7.08. The minimum atomic E-state index is -1.73. The van der Waals surface area contributed by atoms with Crippen LogP contribution in [0.15, 0.2) is 16.8 Å². The first-order chi connectivity index (χ1) is 12.0. The number of ether oxygens (including phenoxy) is 2. The van der Waals surface area contributed by atoms with Crippen LogP contribution in [0.3, 0.4) is 0 Å². The van der Waals surface area contributed by atoms with Gasteiger partial charge in [0.25, 0.3) is 11.8 Å². The van der Waals surface area contributed by atoms with Crippen molar-refractivity contribution in [1.82, 2.24) is 4.90 Å². The maximum Gasteiger partial charge on any atom is 0.260 e. The third-order valence-electron chi connectivity index (χ3n) is 5.23. The molecule has 3 heterocycles. The Morgan fingerprint density at radius 3 is 2.84 bits per heavy atom. The van der Waals surface area contributed by atoms with E-state index < -0.39 is 17.2 Å². The second-order valence-electron chi connectivity index (χ2n) is 7.03. The summed E-state index contributed by atoms with van der Waals surface area (Å²) in [5, 5.41) is 3.82. The molecule has 2 amide bonds. The Balaban J connectivity index is 1.55. The van der Waals surface area contributed by atoms with Gasteiger partial charge in [0.05, 0.1) is 32.0 Å². The molecular formula is C17H21FN2O4S. The Morgan fingerprint density at radius 1 is 1.32 bits per heavy atom. The highest BCUT2D eigenvalue weighted by atomic mass is 32.1. The molecule has 0 aromatic carbocycles. The summed E-state index contributed by atoms with van der Waals surface area (Å²) < 4.78 is 26.1. The summed E-state index contributed by atoms with van der Waals surface area (Å²) in [6.07, 6.45) is 1.32. The standard InChI is InChI=1S/C17H21FN2O4S/c18-17(3-1-4-17)15(22)19-5-6-23-12-16(10-19)11-20(14(21)8-24-16)13-2-7-25-9-13/h2,7,9H,1,3-6,8,10-12H2. The van der Waals surface area contributed by atoms with Crippen molar-refractivity contribution >= 4 is 28.8 Å². The van der Waals surface area contributed by atoms with Crippen LogP contribution >= 0.6 is 11.3 Å². The third-order valence-corrected chi connectivity index (χ3v) is 5.90. The number of amides is 2. The largest absolute Gasteiger partial charge is 0.376 e. The molecule has 3 fully saturated rings. The Morgan fingerprint density at radius 2 is 2.16 bits per heavy atom. The number of carbonyl (C=O) groups excluding carboxylic acids is 2. The molecule has 1 aliphatic carbocycles. The van der Waals surface area contributed by atoms with Crippen LogP contribution in [0.1, 0.15) is 19.3 Å². The first kappa shape index (κ1) is 16.9. The Bertz CT molecular complexity index is 664. The van der Waals surface area contributed by atoms with Gasteiger partial charge < -0.3 is 19.3 Å². The smallest absolute Gasteiger partial charge is 0.260 e. The van der Waals surface area contributed by atoms with Crippen LogP contribution in [0.5, 0.6) is 0 Å². The van der Waals surface area contributed by atoms with Gasteiger partial charge in [-0.05, 0) is 30.7 Å². The van der Waals surface area contributed by atoms with Gasteiger partial charge in [0, 0.05) is 11.9 Å². The fourth-order valence-electron chi connectivity index (χ4n) is 3.61. The number of anilines is 1. The van der Waals surface area contributed by atoms with E-state index in [1.807, 2.05) is 16.8 Å². The van der Waals surface area contributed by atoms with Crippen molar-refractivity contribution in [3.8, 4) is 0 Å². The zero-order chi connectivity index (χ0) is 17.5. The van der Waals surface area contributed by atoms with Gasteiger partial charge >= 0.3 is 0 Å². The molecule has 1 spiro atoms. The van der Waals surface area contributed by atoms with Crippen molar-refractivity contribution in [3.05, 3.63) is 16.8 Å². The molecule has 1 unspecified atom stereocenters. The molecule has 1 aromatic rings. The highest BCUT2D eigenvalue weighted by Gasteiger charge is 2.50. The van der Waals surface area contributed by atoms with Crippen molar-refractivity contribution in [2.75, 3.05) is 44.4 Å². The number of hydrogen-bond donors (Lipinski definition) is 0. The summed E-state index contributed by atoms with van der Waals surface area (Å²) in [6.45, 7) is 1.45. The van der Waals surface area contributed by atoms with Crippen LogP contribution in [0.2, 0.25) is 0 Å². The van der Waals surface area contributed by atoms with E-state index in [1.54, 1.807) is 4.90 Å². The molecule has 0 N–H and O–H groups in total. The first-order valence-electron chi connectivity index (χ1n) is 8.54. The predicted octanol–water partition coefficient (Wildman–Crippen LogP) is 1.60.